The number of hydrogen-bond acceptors (Lipinski definition) is 20. The van der Waals surface area contributed by atoms with Crippen molar-refractivity contribution in [1.29, 1.82) is 0 Å². The van der Waals surface area contributed by atoms with Crippen LogP contribution in [0.25, 0.3) is 0 Å². The second-order valence-electron chi connectivity index (χ2n) is 34.1. The molecule has 2 aliphatic heterocycles. The molecule has 3 heterocycles. The number of rotatable bonds is 23. The van der Waals surface area contributed by atoms with E-state index in [0.717, 1.165) is 62.4 Å². The van der Waals surface area contributed by atoms with Crippen molar-refractivity contribution in [3.63, 3.8) is 0 Å². The quantitative estimate of drug-likeness (QED) is 0.0444. The number of primary amides is 1. The molecule has 18 N–H and O–H groups in total. The van der Waals surface area contributed by atoms with Crippen LogP contribution in [-0.4, -0.2) is 223 Å². The predicted octanol–water partition coefficient (Wildman–Crippen LogP) is 3.64. The minimum absolute atomic E-state index is 0.0000473. The Morgan fingerprint density at radius 3 is 1.32 bits per heavy atom. The maximum absolute atomic E-state index is 15.6. The van der Waals surface area contributed by atoms with Crippen LogP contribution >= 0.6 is 11.8 Å². The smallest absolute Gasteiger partial charge is 0.335 e. The summed E-state index contributed by atoms with van der Waals surface area (Å²) in [5, 5.41) is 74.5. The summed E-state index contributed by atoms with van der Waals surface area (Å²) in [6.07, 6.45) is 9.71. The van der Waals surface area contributed by atoms with Crippen molar-refractivity contribution in [1.82, 2.24) is 73.7 Å². The molecule has 4 aliphatic rings. The van der Waals surface area contributed by atoms with Crippen LogP contribution in [0.2, 0.25) is 0 Å². The highest BCUT2D eigenvalue weighted by Gasteiger charge is 2.42. The highest BCUT2D eigenvalue weighted by Crippen LogP contribution is 2.31. The molecule has 2 saturated carbocycles. The van der Waals surface area contributed by atoms with Crippen LogP contribution in [0.1, 0.15) is 181 Å². The number of phenolic OH excluding ortho intramolecular Hbond substituents is 2. The summed E-state index contributed by atoms with van der Waals surface area (Å²) in [4.78, 5) is 226. The first kappa shape index (κ1) is 98.7. The largest absolute Gasteiger partial charge is 0.508 e. The summed E-state index contributed by atoms with van der Waals surface area (Å²) in [6.45, 7) is 5.69. The van der Waals surface area contributed by atoms with Gasteiger partial charge in [0.2, 0.25) is 76.8 Å². The molecule has 2 aliphatic carbocycles. The molecule has 13 amide bonds. The Morgan fingerprint density at radius 1 is 0.488 bits per heavy atom. The lowest BCUT2D eigenvalue weighted by Crippen LogP contribution is -2.63. The van der Waals surface area contributed by atoms with E-state index in [1.807, 2.05) is 6.92 Å². The molecule has 11 atom stereocenters. The van der Waals surface area contributed by atoms with Gasteiger partial charge in [0.1, 0.15) is 89.3 Å². The van der Waals surface area contributed by atoms with Gasteiger partial charge in [0.15, 0.2) is 0 Å². The number of carbonyl (C=O) groups excluding carboxylic acids is 13. The molecular weight excluding hydrogens is 1660 g/mol. The van der Waals surface area contributed by atoms with Crippen LogP contribution in [0.15, 0.2) is 122 Å². The molecule has 9 rings (SSSR count). The third kappa shape index (κ3) is 31.5. The molecular formula is C91H120FN15O19S. The van der Waals surface area contributed by atoms with Gasteiger partial charge in [-0.1, -0.05) is 139 Å². The zero-order valence-corrected chi connectivity index (χ0v) is 72.9. The number of benzene rings is 4. The average Bonchev–Trinajstić information content (AvgIpc) is 0.819. The van der Waals surface area contributed by atoms with Crippen molar-refractivity contribution < 1.29 is 96.7 Å². The number of pyridine rings is 1. The summed E-state index contributed by atoms with van der Waals surface area (Å²) in [5.74, 6) is -17.6. The van der Waals surface area contributed by atoms with Crippen molar-refractivity contribution >= 4 is 100 Å². The fraction of sp³-hybridized carbons (Fsp3) is 0.516. The lowest BCUT2D eigenvalue weighted by molar-refractivity contribution is -0.143. The van der Waals surface area contributed by atoms with Crippen molar-refractivity contribution in [3.05, 3.63) is 161 Å². The van der Waals surface area contributed by atoms with Gasteiger partial charge in [0, 0.05) is 57.3 Å². The molecule has 0 unspecified atom stereocenters. The fourth-order valence-corrected chi connectivity index (χ4v) is 17.3. The number of nitrogens with zero attached hydrogens (tertiary/aromatic N) is 2. The number of aromatic nitrogens is 1. The van der Waals surface area contributed by atoms with Gasteiger partial charge >= 0.3 is 11.9 Å². The molecule has 2 saturated heterocycles. The molecule has 127 heavy (non-hydrogen) atoms. The summed E-state index contributed by atoms with van der Waals surface area (Å²) < 4.78 is 14.6. The minimum atomic E-state index is -2.10. The number of amides is 13. The van der Waals surface area contributed by atoms with Crippen LogP contribution in [0.5, 0.6) is 11.5 Å². The van der Waals surface area contributed by atoms with Gasteiger partial charge in [-0.3, -0.25) is 72.1 Å². The van der Waals surface area contributed by atoms with Gasteiger partial charge in [-0.25, -0.2) is 9.18 Å². The third-order valence-electron chi connectivity index (χ3n) is 23.7. The Kier molecular flexibility index (Phi) is 37.8. The maximum atomic E-state index is 15.6. The summed E-state index contributed by atoms with van der Waals surface area (Å²) in [5.41, 5.74) is 5.64. The topological polar surface area (TPSA) is 523 Å². The van der Waals surface area contributed by atoms with E-state index in [4.69, 9.17) is 5.73 Å². The minimum Gasteiger partial charge on any atom is -0.508 e. The Hall–Kier alpha value is -12.1. The molecule has 5 aromatic rings. The van der Waals surface area contributed by atoms with E-state index in [1.54, 1.807) is 12.1 Å². The van der Waals surface area contributed by atoms with Crippen LogP contribution in [-0.2, 0) is 99.2 Å². The van der Waals surface area contributed by atoms with Crippen molar-refractivity contribution in [2.45, 2.75) is 247 Å². The number of hydrogen-bond donors (Lipinski definition) is 17. The van der Waals surface area contributed by atoms with E-state index in [2.05, 4.69) is 68.8 Å². The van der Waals surface area contributed by atoms with E-state index < -0.39 is 204 Å². The first-order valence-corrected chi connectivity index (χ1v) is 44.8. The number of aliphatic carboxylic acids is 1. The van der Waals surface area contributed by atoms with E-state index in [9.17, 15) is 48.8 Å². The number of piperidine rings is 1. The molecule has 36 heteroatoms. The lowest BCUT2D eigenvalue weighted by atomic mass is 9.84. The zero-order valence-electron chi connectivity index (χ0n) is 72.1. The highest BCUT2D eigenvalue weighted by atomic mass is 32.2. The third-order valence-corrected chi connectivity index (χ3v) is 24.8. The van der Waals surface area contributed by atoms with Gasteiger partial charge in [-0.15, -0.1) is 11.8 Å². The van der Waals surface area contributed by atoms with E-state index in [-0.39, 0.29) is 89.4 Å². The fourth-order valence-electron chi connectivity index (χ4n) is 16.4. The Labute approximate surface area is 741 Å². The molecule has 4 fully saturated rings. The first-order chi connectivity index (χ1) is 60.7. The van der Waals surface area contributed by atoms with E-state index in [0.29, 0.717) is 75.6 Å². The van der Waals surface area contributed by atoms with Crippen LogP contribution in [0.3, 0.4) is 0 Å². The molecule has 686 valence electrons. The maximum Gasteiger partial charge on any atom is 0.335 e. The number of unbranched alkanes of at least 4 members (excludes halogenated alkanes) is 1. The van der Waals surface area contributed by atoms with E-state index in [1.165, 1.54) is 123 Å². The first-order valence-electron chi connectivity index (χ1n) is 43.6. The number of carboxylic acid groups (broad SMARTS) is 2. The van der Waals surface area contributed by atoms with Crippen LogP contribution in [0, 0.1) is 23.6 Å². The van der Waals surface area contributed by atoms with Gasteiger partial charge < -0.3 is 94.9 Å². The lowest BCUT2D eigenvalue weighted by Gasteiger charge is -2.35. The highest BCUT2D eigenvalue weighted by molar-refractivity contribution is 8.00. The van der Waals surface area contributed by atoms with Crippen molar-refractivity contribution in [3.8, 4) is 11.5 Å². The number of likely N-dealkylation sites (N-methyl/N-ethyl adjacent to an activating group) is 1. The summed E-state index contributed by atoms with van der Waals surface area (Å²) >= 11 is 0.887. The molecule has 1 aromatic heterocycles. The number of aromatic carboxylic acids is 1. The Balaban J connectivity index is 1.13. The molecule has 34 nitrogen and oxygen atoms in total. The number of carboxylic acids is 2. The molecule has 0 spiro atoms. The predicted molar refractivity (Wildman–Crippen MR) is 468 cm³/mol. The van der Waals surface area contributed by atoms with Gasteiger partial charge in [-0.2, -0.15) is 0 Å². The molecule has 4 aromatic carbocycles. The standard InChI is InChI=1S/C91H120FN15O19S/c1-5-6-19-75-87(122)106-91(2,3)90(126)105-71(42-54-16-11-8-12-17-54)85(120)101-67(44-56-22-30-62(92)31-23-56)83(118)103-72(49-77(111)112)86(121)102-69(46-58-26-34-64(109)35-27-58)81(116)99-68(45-57-24-32-63(108)33-25-57)80(115)98-66(43-55-20-28-61(29-21-55)89(124)125)79(114)100-70(47-59-36-39-94-40-37-59)82(117)97-65(41-53-14-9-7-10-15-53)84(119)104-74(78(93)113)51-127-52-76(110)96-73(88(123)107(75)4)48-60-18-13-38-95-50-60/h13,18,20-35,38,50,53-54,59,65-75,94,108-109H,5-12,14-17,19,36-37,39-49,51-52H2,1-4H3,(H2,93,113)(H,96,110)(H,97,117)(H,98,115)(H,99,116)(H,100,114)(H,101,120)(H,102,121)(H,103,118)(H,104,119)(H,105,126)(H,106,122)(H,111,112)(H,124,125)/t65-,66-,67-,68-,69-,70-,71-,72+,73-,74-,75-/m0/s1. The van der Waals surface area contributed by atoms with Gasteiger partial charge in [0.25, 0.3) is 0 Å². The average molecular weight is 1780 g/mol. The SMILES string of the molecule is CCCC[C@H]1C(=O)NC(C)(C)C(=O)N[C@@H](CC2CCCCC2)C(=O)N[C@@H](Cc2ccc(F)cc2)C(=O)N[C@H](CC(=O)O)C(=O)N[C@@H](Cc2ccc(O)cc2)C(=O)N[C@@H](Cc2ccc(O)cc2)C(=O)N[C@@H](Cc2ccc(C(=O)O)cc2)C(=O)N[C@@H](CC2CCNCC2)C(=O)N[C@@H](CC2CCCCC2)C(=O)N[C@H](C(N)=O)CSCC(=O)N[C@@H](Cc2cccnc2)C(=O)N1C. The van der Waals surface area contributed by atoms with Gasteiger partial charge in [-0.05, 0) is 166 Å². The number of nitrogens with two attached hydrogens (primary N) is 1. The molecule has 0 bridgehead atoms. The second-order valence-corrected chi connectivity index (χ2v) is 35.2. The second kappa shape index (κ2) is 48.6. The number of halogens is 1. The zero-order chi connectivity index (χ0) is 91.9. The number of thioether (sulfide) groups is 1. The Morgan fingerprint density at radius 2 is 0.890 bits per heavy atom. The summed E-state index contributed by atoms with van der Waals surface area (Å²) in [7, 11) is 1.37. The van der Waals surface area contributed by atoms with E-state index >= 15 is 47.9 Å². The summed E-state index contributed by atoms with van der Waals surface area (Å²) in [6, 6.07) is 6.73. The number of phenols is 2. The number of carbonyl (C=O) groups is 15. The van der Waals surface area contributed by atoms with Crippen molar-refractivity contribution in [2.24, 2.45) is 23.5 Å². The number of aromatic hydroxyl groups is 2. The monoisotopic (exact) mass is 1780 g/mol. The van der Waals surface area contributed by atoms with Gasteiger partial charge in [0.05, 0.1) is 17.7 Å². The number of nitrogens with one attached hydrogen (secondary N) is 12. The van der Waals surface area contributed by atoms with Crippen LogP contribution < -0.4 is 69.5 Å². The van der Waals surface area contributed by atoms with Crippen molar-refractivity contribution in [2.75, 3.05) is 31.6 Å². The normalized spacial score (nSPS) is 24.4. The molecule has 0 radical (unpaired) electrons. The Bertz CT molecular complexity index is 4610. The van der Waals surface area contributed by atoms with Crippen LogP contribution in [0.4, 0.5) is 4.39 Å².